The Balaban J connectivity index is 1.74. The molecular weight excluding hydrogens is 304 g/mol. The highest BCUT2D eigenvalue weighted by molar-refractivity contribution is 5.82. The third-order valence-corrected chi connectivity index (χ3v) is 6.34. The maximum atomic E-state index is 2.69. The van der Waals surface area contributed by atoms with E-state index in [1.807, 2.05) is 0 Å². The van der Waals surface area contributed by atoms with Gasteiger partial charge in [-0.3, -0.25) is 4.58 Å². The molecule has 1 heterocycles. The molecule has 0 unspecified atom stereocenters. The van der Waals surface area contributed by atoms with Crippen molar-refractivity contribution in [3.8, 4) is 11.1 Å². The summed E-state index contributed by atoms with van der Waals surface area (Å²) in [4.78, 5) is 2.69. The summed E-state index contributed by atoms with van der Waals surface area (Å²) in [5.74, 6) is 1.40. The van der Waals surface area contributed by atoms with Crippen LogP contribution in [0.3, 0.4) is 0 Å². The monoisotopic (exact) mass is 329 g/mol. The first-order valence-electron chi connectivity index (χ1n) is 9.47. The second kappa shape index (κ2) is 5.59. The molecule has 2 aromatic rings. The Hall–Kier alpha value is -2.35. The summed E-state index contributed by atoms with van der Waals surface area (Å²) in [7, 11) is 2.27. The Labute approximate surface area is 150 Å². The summed E-state index contributed by atoms with van der Waals surface area (Å²) in [5.41, 5.74) is 5.76. The molecule has 2 nitrogen and oxygen atoms in total. The molecule has 0 spiro atoms. The zero-order valence-electron chi connectivity index (χ0n) is 15.0. The molecule has 0 aromatic heterocycles. The van der Waals surface area contributed by atoms with Gasteiger partial charge in [0.1, 0.15) is 6.04 Å². The molecule has 5 rings (SSSR count). The van der Waals surface area contributed by atoms with Gasteiger partial charge >= 0.3 is 0 Å². The summed E-state index contributed by atoms with van der Waals surface area (Å²) in [6.07, 6.45) is 8.59. The fourth-order valence-electron chi connectivity index (χ4n) is 5.12. The van der Waals surface area contributed by atoms with E-state index >= 15 is 0 Å². The Kier molecular flexibility index (Phi) is 3.34. The quantitative estimate of drug-likeness (QED) is 0.531. The van der Waals surface area contributed by atoms with Crippen LogP contribution >= 0.6 is 0 Å². The second-order valence-corrected chi connectivity index (χ2v) is 7.56. The van der Waals surface area contributed by atoms with Gasteiger partial charge in [-0.05, 0) is 36.5 Å². The maximum Gasteiger partial charge on any atom is 0.245 e. The number of nitrogens with zero attached hydrogens (tertiary/aromatic N) is 2. The number of hydrogen-bond acceptors (Lipinski definition) is 1. The van der Waals surface area contributed by atoms with E-state index in [0.29, 0.717) is 18.1 Å². The van der Waals surface area contributed by atoms with Crippen LogP contribution in [0.15, 0.2) is 60.7 Å². The molecular formula is C23H25N2+. The zero-order chi connectivity index (χ0) is 17.0. The van der Waals surface area contributed by atoms with Crippen LogP contribution in [0.4, 0.5) is 0 Å². The van der Waals surface area contributed by atoms with Crippen LogP contribution in [-0.2, 0) is 0 Å². The van der Waals surface area contributed by atoms with Crippen molar-refractivity contribution < 1.29 is 4.58 Å². The molecule has 0 saturated carbocycles. The third-order valence-electron chi connectivity index (χ3n) is 6.34. The molecule has 25 heavy (non-hydrogen) atoms. The SMILES string of the molecule is CC1=[N+](C)[C@H]2c3ccccc3-c3ccccc3[C@H]2N1[C@H]1C=CCCC1. The average Bonchev–Trinajstić information content (AvgIpc) is 2.94. The number of likely N-dealkylation sites (N-methyl/N-ethyl adjacent to an activating group) is 1. The first-order chi connectivity index (χ1) is 12.3. The van der Waals surface area contributed by atoms with E-state index < -0.39 is 0 Å². The molecule has 0 N–H and O–H groups in total. The summed E-state index contributed by atoms with van der Waals surface area (Å²) < 4.78 is 2.50. The second-order valence-electron chi connectivity index (χ2n) is 7.56. The molecule has 0 radical (unpaired) electrons. The van der Waals surface area contributed by atoms with E-state index in [2.05, 4.69) is 84.1 Å². The van der Waals surface area contributed by atoms with Gasteiger partial charge in [0.2, 0.25) is 5.84 Å². The van der Waals surface area contributed by atoms with Crippen molar-refractivity contribution in [1.29, 1.82) is 0 Å². The topological polar surface area (TPSA) is 6.25 Å². The zero-order valence-corrected chi connectivity index (χ0v) is 15.0. The summed E-state index contributed by atoms with van der Waals surface area (Å²) in [6.45, 7) is 2.30. The molecule has 0 fully saturated rings. The van der Waals surface area contributed by atoms with E-state index in [-0.39, 0.29) is 0 Å². The Morgan fingerprint density at radius 2 is 1.64 bits per heavy atom. The highest BCUT2D eigenvalue weighted by Crippen LogP contribution is 2.52. The van der Waals surface area contributed by atoms with Gasteiger partial charge in [-0.2, -0.15) is 0 Å². The van der Waals surface area contributed by atoms with E-state index in [1.165, 1.54) is 47.4 Å². The van der Waals surface area contributed by atoms with Gasteiger partial charge in [-0.25, -0.2) is 4.90 Å². The summed E-state index contributed by atoms with van der Waals surface area (Å²) >= 11 is 0. The van der Waals surface area contributed by atoms with Crippen LogP contribution in [0, 0.1) is 0 Å². The lowest BCUT2D eigenvalue weighted by Crippen LogP contribution is -2.40. The van der Waals surface area contributed by atoms with Crippen molar-refractivity contribution in [2.24, 2.45) is 0 Å². The highest BCUT2D eigenvalue weighted by atomic mass is 15.4. The molecule has 1 aliphatic heterocycles. The minimum atomic E-state index is 0.404. The number of allylic oxidation sites excluding steroid dienone is 1. The Morgan fingerprint density at radius 1 is 0.960 bits per heavy atom. The van der Waals surface area contributed by atoms with Crippen LogP contribution < -0.4 is 0 Å². The predicted octanol–water partition coefficient (Wildman–Crippen LogP) is 4.93. The van der Waals surface area contributed by atoms with Gasteiger partial charge in [0.25, 0.3) is 0 Å². The number of fused-ring (bicyclic) bond motifs is 6. The summed E-state index contributed by atoms with van der Waals surface area (Å²) in [5, 5.41) is 0. The normalized spacial score (nSPS) is 27.1. The van der Waals surface area contributed by atoms with Crippen molar-refractivity contribution >= 4 is 5.84 Å². The molecule has 3 atom stereocenters. The number of amidine groups is 1. The van der Waals surface area contributed by atoms with Crippen molar-refractivity contribution in [1.82, 2.24) is 4.90 Å². The van der Waals surface area contributed by atoms with E-state index in [9.17, 15) is 0 Å². The van der Waals surface area contributed by atoms with Gasteiger partial charge < -0.3 is 0 Å². The van der Waals surface area contributed by atoms with Gasteiger partial charge in [0.15, 0.2) is 12.1 Å². The van der Waals surface area contributed by atoms with Crippen LogP contribution in [0.25, 0.3) is 11.1 Å². The lowest BCUT2D eigenvalue weighted by molar-refractivity contribution is -0.539. The van der Waals surface area contributed by atoms with Crippen LogP contribution in [0.1, 0.15) is 49.4 Å². The third kappa shape index (κ3) is 2.06. The minimum Gasteiger partial charge on any atom is -0.257 e. The highest BCUT2D eigenvalue weighted by Gasteiger charge is 2.52. The van der Waals surface area contributed by atoms with Gasteiger partial charge in [0.05, 0.1) is 7.05 Å². The molecule has 2 aromatic carbocycles. The molecule has 3 aliphatic rings. The molecule has 0 amide bonds. The molecule has 2 aliphatic carbocycles. The van der Waals surface area contributed by atoms with Crippen molar-refractivity contribution in [3.05, 3.63) is 71.8 Å². The van der Waals surface area contributed by atoms with Crippen molar-refractivity contribution in [2.75, 3.05) is 7.05 Å². The van der Waals surface area contributed by atoms with Crippen LogP contribution in [0.5, 0.6) is 0 Å². The fourth-order valence-corrected chi connectivity index (χ4v) is 5.12. The lowest BCUT2D eigenvalue weighted by atomic mass is 9.78. The summed E-state index contributed by atoms with van der Waals surface area (Å²) in [6, 6.07) is 19.3. The largest absolute Gasteiger partial charge is 0.257 e. The van der Waals surface area contributed by atoms with Crippen molar-refractivity contribution in [2.45, 2.75) is 44.3 Å². The van der Waals surface area contributed by atoms with E-state index in [4.69, 9.17) is 0 Å². The van der Waals surface area contributed by atoms with Crippen LogP contribution in [-0.4, -0.2) is 28.4 Å². The first kappa shape index (κ1) is 14.9. The smallest absolute Gasteiger partial charge is 0.245 e. The van der Waals surface area contributed by atoms with E-state index in [0.717, 1.165) is 0 Å². The van der Waals surface area contributed by atoms with Crippen LogP contribution in [0.2, 0.25) is 0 Å². The average molecular weight is 329 g/mol. The molecule has 0 bridgehead atoms. The molecule has 2 heteroatoms. The first-order valence-corrected chi connectivity index (χ1v) is 9.47. The van der Waals surface area contributed by atoms with Crippen molar-refractivity contribution in [3.63, 3.8) is 0 Å². The van der Waals surface area contributed by atoms with Gasteiger partial charge in [0, 0.05) is 18.1 Å². The Bertz CT molecular complexity index is 892. The van der Waals surface area contributed by atoms with Gasteiger partial charge in [-0.15, -0.1) is 0 Å². The van der Waals surface area contributed by atoms with Gasteiger partial charge in [-0.1, -0.05) is 54.6 Å². The Morgan fingerprint density at radius 3 is 2.36 bits per heavy atom. The fraction of sp³-hybridized carbons (Fsp3) is 0.348. The number of rotatable bonds is 1. The maximum absolute atomic E-state index is 2.69. The van der Waals surface area contributed by atoms with E-state index in [1.54, 1.807) is 0 Å². The number of benzene rings is 2. The number of hydrogen-bond donors (Lipinski definition) is 0. The lowest BCUT2D eigenvalue weighted by Gasteiger charge is -2.34. The standard InChI is InChI=1S/C23H25N2/c1-16-24(2)22-20-14-8-6-12-18(20)19-13-7-9-15-21(19)23(22)25(16)17-10-4-3-5-11-17/h4,6-10,12-15,17,22-23H,3,5,11H2,1-2H3/q+1/t17-,22-,23+/m0/s1. The molecule has 126 valence electrons. The molecule has 0 saturated heterocycles. The minimum absolute atomic E-state index is 0.404. The predicted molar refractivity (Wildman–Crippen MR) is 103 cm³/mol.